The monoisotopic (exact) mass is 418 g/mol. The zero-order valence-electron chi connectivity index (χ0n) is 16.9. The molecule has 156 valence electrons. The van der Waals surface area contributed by atoms with Crippen molar-refractivity contribution in [1.82, 2.24) is 9.62 Å². The van der Waals surface area contributed by atoms with Gasteiger partial charge in [0.2, 0.25) is 5.91 Å². The number of hydrogen-bond donors (Lipinski definition) is 2. The van der Waals surface area contributed by atoms with Crippen LogP contribution < -0.4 is 14.9 Å². The molecule has 0 fully saturated rings. The fourth-order valence-electron chi connectivity index (χ4n) is 2.55. The molecule has 0 atom stereocenters. The summed E-state index contributed by atoms with van der Waals surface area (Å²) in [6, 6.07) is 14.9. The zero-order chi connectivity index (χ0) is 21.6. The zero-order valence-corrected chi connectivity index (χ0v) is 17.7. The fourth-order valence-corrected chi connectivity index (χ4v) is 3.61. The molecule has 9 heteroatoms. The first-order valence-corrected chi connectivity index (χ1v) is 10.5. The van der Waals surface area contributed by atoms with E-state index in [9.17, 15) is 18.0 Å². The van der Waals surface area contributed by atoms with E-state index in [1.807, 2.05) is 13.8 Å². The third kappa shape index (κ3) is 5.78. The maximum Gasteiger partial charge on any atom is 0.304 e. The summed E-state index contributed by atoms with van der Waals surface area (Å²) in [6.45, 7) is 3.23. The standard InChI is InChI=1S/C20H26N4O4S/c1-15(2)21-20(26)17-12-8-9-13-18(17)22-19(25)14-24(29(27,28)23(3)4)16-10-6-5-7-11-16/h5-13,15H,14H2,1-4H3,(H,21,26)(H,22,25). The Morgan fingerprint density at radius 3 is 2.14 bits per heavy atom. The minimum Gasteiger partial charge on any atom is -0.350 e. The van der Waals surface area contributed by atoms with Crippen molar-refractivity contribution in [2.24, 2.45) is 0 Å². The van der Waals surface area contributed by atoms with Crippen molar-refractivity contribution in [3.8, 4) is 0 Å². The molecule has 0 aliphatic heterocycles. The second-order valence-corrected chi connectivity index (χ2v) is 8.92. The molecule has 2 N–H and O–H groups in total. The molecule has 0 heterocycles. The van der Waals surface area contributed by atoms with E-state index < -0.39 is 22.7 Å². The number of nitrogens with zero attached hydrogens (tertiary/aromatic N) is 2. The molecule has 29 heavy (non-hydrogen) atoms. The number of para-hydroxylation sites is 2. The van der Waals surface area contributed by atoms with Crippen LogP contribution in [0.1, 0.15) is 24.2 Å². The highest BCUT2D eigenvalue weighted by Crippen LogP contribution is 2.20. The summed E-state index contributed by atoms with van der Waals surface area (Å²) in [5, 5.41) is 5.43. The van der Waals surface area contributed by atoms with E-state index in [1.54, 1.807) is 54.6 Å². The summed E-state index contributed by atoms with van der Waals surface area (Å²) in [7, 11) is -1.10. The first-order chi connectivity index (χ1) is 13.6. The summed E-state index contributed by atoms with van der Waals surface area (Å²) in [6.07, 6.45) is 0. The fraction of sp³-hybridized carbons (Fsp3) is 0.300. The molecule has 2 rings (SSSR count). The molecule has 2 aromatic rings. The van der Waals surface area contributed by atoms with E-state index in [0.29, 0.717) is 16.9 Å². The SMILES string of the molecule is CC(C)NC(=O)c1ccccc1NC(=O)CN(c1ccccc1)S(=O)(=O)N(C)C. The first-order valence-electron chi connectivity index (χ1n) is 9.08. The molecular formula is C20H26N4O4S. The lowest BCUT2D eigenvalue weighted by atomic mass is 10.1. The van der Waals surface area contributed by atoms with E-state index >= 15 is 0 Å². The predicted molar refractivity (Wildman–Crippen MR) is 114 cm³/mol. The van der Waals surface area contributed by atoms with Gasteiger partial charge >= 0.3 is 10.2 Å². The number of benzene rings is 2. The first kappa shape index (κ1) is 22.4. The average Bonchev–Trinajstić information content (AvgIpc) is 2.66. The molecule has 0 bridgehead atoms. The van der Waals surface area contributed by atoms with Gasteiger partial charge in [0.25, 0.3) is 5.91 Å². The van der Waals surface area contributed by atoms with Gasteiger partial charge < -0.3 is 10.6 Å². The van der Waals surface area contributed by atoms with Gasteiger partial charge in [-0.2, -0.15) is 12.7 Å². The lowest BCUT2D eigenvalue weighted by Crippen LogP contribution is -2.44. The Labute approximate surface area is 171 Å². The largest absolute Gasteiger partial charge is 0.350 e. The van der Waals surface area contributed by atoms with Crippen LogP contribution in [0.25, 0.3) is 0 Å². The van der Waals surface area contributed by atoms with Gasteiger partial charge in [-0.3, -0.25) is 9.59 Å². The molecule has 0 unspecified atom stereocenters. The van der Waals surface area contributed by atoms with Gasteiger partial charge in [0.05, 0.1) is 16.9 Å². The molecule has 0 aromatic heterocycles. The van der Waals surface area contributed by atoms with Gasteiger partial charge in [0, 0.05) is 20.1 Å². The highest BCUT2D eigenvalue weighted by Gasteiger charge is 2.27. The molecule has 0 saturated carbocycles. The quantitative estimate of drug-likeness (QED) is 0.686. The molecular weight excluding hydrogens is 392 g/mol. The lowest BCUT2D eigenvalue weighted by molar-refractivity contribution is -0.114. The number of hydrogen-bond acceptors (Lipinski definition) is 4. The van der Waals surface area contributed by atoms with E-state index in [2.05, 4.69) is 10.6 Å². The van der Waals surface area contributed by atoms with Crippen LogP contribution in [0.3, 0.4) is 0 Å². The van der Waals surface area contributed by atoms with Crippen molar-refractivity contribution >= 4 is 33.4 Å². The van der Waals surface area contributed by atoms with Crippen molar-refractivity contribution in [3.63, 3.8) is 0 Å². The molecule has 8 nitrogen and oxygen atoms in total. The van der Waals surface area contributed by atoms with Gasteiger partial charge in [0.1, 0.15) is 6.54 Å². The summed E-state index contributed by atoms with van der Waals surface area (Å²) < 4.78 is 27.5. The Kier molecular flexibility index (Phi) is 7.35. The number of anilines is 2. The van der Waals surface area contributed by atoms with Gasteiger partial charge in [-0.05, 0) is 38.1 Å². The minimum absolute atomic E-state index is 0.0648. The Balaban J connectivity index is 2.27. The molecule has 2 amide bonds. The van der Waals surface area contributed by atoms with Crippen LogP contribution in [-0.2, 0) is 15.0 Å². The van der Waals surface area contributed by atoms with E-state index in [0.717, 1.165) is 8.61 Å². The normalized spacial score (nSPS) is 11.4. The van der Waals surface area contributed by atoms with Gasteiger partial charge in [-0.15, -0.1) is 0 Å². The molecule has 2 aromatic carbocycles. The van der Waals surface area contributed by atoms with Crippen LogP contribution in [0.15, 0.2) is 54.6 Å². The summed E-state index contributed by atoms with van der Waals surface area (Å²) in [5.74, 6) is -0.888. The van der Waals surface area contributed by atoms with E-state index in [-0.39, 0.29) is 11.9 Å². The third-order valence-electron chi connectivity index (χ3n) is 3.94. The summed E-state index contributed by atoms with van der Waals surface area (Å²) >= 11 is 0. The number of carbonyl (C=O) groups is 2. The number of rotatable bonds is 8. The molecule has 0 aliphatic carbocycles. The van der Waals surface area contributed by atoms with Crippen LogP contribution in [0.4, 0.5) is 11.4 Å². The summed E-state index contributed by atoms with van der Waals surface area (Å²) in [5.41, 5.74) is 0.976. The second-order valence-electron chi connectivity index (χ2n) is 6.85. The topological polar surface area (TPSA) is 98.8 Å². The molecule has 0 saturated heterocycles. The Morgan fingerprint density at radius 1 is 0.966 bits per heavy atom. The van der Waals surface area contributed by atoms with Crippen molar-refractivity contribution in [2.45, 2.75) is 19.9 Å². The average molecular weight is 419 g/mol. The van der Waals surface area contributed by atoms with Crippen molar-refractivity contribution < 1.29 is 18.0 Å². The highest BCUT2D eigenvalue weighted by atomic mass is 32.2. The summed E-state index contributed by atoms with van der Waals surface area (Å²) in [4.78, 5) is 25.1. The third-order valence-corrected chi connectivity index (χ3v) is 5.76. The van der Waals surface area contributed by atoms with Crippen LogP contribution in [0.2, 0.25) is 0 Å². The Hall–Kier alpha value is -2.91. The van der Waals surface area contributed by atoms with Crippen molar-refractivity contribution in [3.05, 3.63) is 60.2 Å². The Morgan fingerprint density at radius 2 is 1.55 bits per heavy atom. The number of nitrogens with one attached hydrogen (secondary N) is 2. The van der Waals surface area contributed by atoms with Crippen LogP contribution in [0, 0.1) is 0 Å². The number of amides is 2. The van der Waals surface area contributed by atoms with Gasteiger partial charge in [0.15, 0.2) is 0 Å². The highest BCUT2D eigenvalue weighted by molar-refractivity contribution is 7.90. The second kappa shape index (κ2) is 9.53. The van der Waals surface area contributed by atoms with Gasteiger partial charge in [-0.25, -0.2) is 4.31 Å². The molecule has 0 radical (unpaired) electrons. The van der Waals surface area contributed by atoms with Crippen molar-refractivity contribution in [2.75, 3.05) is 30.3 Å². The molecule has 0 aliphatic rings. The predicted octanol–water partition coefficient (Wildman–Crippen LogP) is 2.08. The maximum atomic E-state index is 12.7. The smallest absolute Gasteiger partial charge is 0.304 e. The Bertz CT molecular complexity index is 959. The number of carbonyl (C=O) groups excluding carboxylic acids is 2. The van der Waals surface area contributed by atoms with Crippen LogP contribution >= 0.6 is 0 Å². The van der Waals surface area contributed by atoms with E-state index in [4.69, 9.17) is 0 Å². The minimum atomic E-state index is -3.90. The van der Waals surface area contributed by atoms with Crippen LogP contribution in [-0.4, -0.2) is 51.2 Å². The van der Waals surface area contributed by atoms with Crippen molar-refractivity contribution in [1.29, 1.82) is 0 Å². The molecule has 0 spiro atoms. The van der Waals surface area contributed by atoms with E-state index in [1.165, 1.54) is 14.1 Å². The lowest BCUT2D eigenvalue weighted by Gasteiger charge is -2.27. The van der Waals surface area contributed by atoms with Gasteiger partial charge in [-0.1, -0.05) is 30.3 Å². The van der Waals surface area contributed by atoms with Crippen LogP contribution in [0.5, 0.6) is 0 Å². The maximum absolute atomic E-state index is 12.7.